The van der Waals surface area contributed by atoms with Gasteiger partial charge in [0.15, 0.2) is 0 Å². The Labute approximate surface area is 105 Å². The van der Waals surface area contributed by atoms with Crippen LogP contribution in [0.5, 0.6) is 0 Å². The molecule has 0 amide bonds. The van der Waals surface area contributed by atoms with Crippen molar-refractivity contribution in [3.63, 3.8) is 0 Å². The number of hydrogen-bond acceptors (Lipinski definition) is 3. The second-order valence-corrected chi connectivity index (χ2v) is 5.55. The van der Waals surface area contributed by atoms with Gasteiger partial charge >= 0.3 is 0 Å². The lowest BCUT2D eigenvalue weighted by atomic mass is 10.0. The Morgan fingerprint density at radius 3 is 2.65 bits per heavy atom. The Morgan fingerprint density at radius 2 is 1.82 bits per heavy atom. The molecule has 0 aromatic rings. The number of aliphatic hydroxyl groups excluding tert-OH is 1. The maximum atomic E-state index is 9.95. The zero-order valence-corrected chi connectivity index (χ0v) is 10.9. The molecule has 2 rings (SSSR count). The van der Waals surface area contributed by atoms with Crippen LogP contribution in [0.2, 0.25) is 0 Å². The average molecular weight is 241 g/mol. The van der Waals surface area contributed by atoms with Gasteiger partial charge in [-0.1, -0.05) is 25.7 Å². The molecule has 0 aromatic heterocycles. The zero-order chi connectivity index (χ0) is 11.9. The molecular weight excluding hydrogens is 214 g/mol. The fourth-order valence-electron chi connectivity index (χ4n) is 2.98. The van der Waals surface area contributed by atoms with Crippen LogP contribution in [-0.2, 0) is 4.74 Å². The molecule has 3 heteroatoms. The van der Waals surface area contributed by atoms with Crippen molar-refractivity contribution >= 4 is 0 Å². The molecule has 1 heterocycles. The number of piperidine rings is 1. The van der Waals surface area contributed by atoms with Gasteiger partial charge < -0.3 is 15.2 Å². The molecule has 2 fully saturated rings. The maximum absolute atomic E-state index is 9.95. The van der Waals surface area contributed by atoms with E-state index in [2.05, 4.69) is 5.32 Å². The molecular formula is C14H27NO2. The topological polar surface area (TPSA) is 41.5 Å². The molecule has 1 saturated carbocycles. The van der Waals surface area contributed by atoms with E-state index in [1.54, 1.807) is 0 Å². The number of nitrogens with one attached hydrogen (secondary N) is 1. The van der Waals surface area contributed by atoms with Crippen molar-refractivity contribution in [2.75, 3.05) is 13.2 Å². The van der Waals surface area contributed by atoms with Gasteiger partial charge in [-0.25, -0.2) is 0 Å². The number of hydrogen-bond donors (Lipinski definition) is 2. The van der Waals surface area contributed by atoms with Crippen molar-refractivity contribution in [2.24, 2.45) is 0 Å². The normalized spacial score (nSPS) is 35.5. The molecule has 3 nitrogen and oxygen atoms in total. The van der Waals surface area contributed by atoms with Gasteiger partial charge in [0.25, 0.3) is 0 Å². The highest BCUT2D eigenvalue weighted by Gasteiger charge is 2.22. The van der Waals surface area contributed by atoms with Crippen LogP contribution in [0.15, 0.2) is 0 Å². The summed E-state index contributed by atoms with van der Waals surface area (Å²) in [5, 5.41) is 13.5. The van der Waals surface area contributed by atoms with E-state index >= 15 is 0 Å². The maximum Gasteiger partial charge on any atom is 0.0833 e. The summed E-state index contributed by atoms with van der Waals surface area (Å²) < 4.78 is 5.89. The van der Waals surface area contributed by atoms with Gasteiger partial charge in [0.1, 0.15) is 0 Å². The second-order valence-electron chi connectivity index (χ2n) is 5.55. The van der Waals surface area contributed by atoms with E-state index in [-0.39, 0.29) is 12.2 Å². The standard InChI is InChI=1S/C14H27NO2/c16-13-7-2-1-3-8-14(13)17-11-9-12-6-4-5-10-15-12/h12-16H,1-11H2. The third kappa shape index (κ3) is 4.57. The summed E-state index contributed by atoms with van der Waals surface area (Å²) in [5.41, 5.74) is 0. The highest BCUT2D eigenvalue weighted by Crippen LogP contribution is 2.21. The van der Waals surface area contributed by atoms with Gasteiger partial charge in [0, 0.05) is 12.6 Å². The first-order chi connectivity index (χ1) is 8.36. The molecule has 1 aliphatic heterocycles. The van der Waals surface area contributed by atoms with Crippen molar-refractivity contribution in [1.29, 1.82) is 0 Å². The van der Waals surface area contributed by atoms with Crippen LogP contribution in [-0.4, -0.2) is 36.5 Å². The summed E-state index contributed by atoms with van der Waals surface area (Å²) in [5.74, 6) is 0. The molecule has 100 valence electrons. The van der Waals surface area contributed by atoms with Crippen LogP contribution in [0.25, 0.3) is 0 Å². The molecule has 2 aliphatic rings. The second kappa shape index (κ2) is 7.34. The van der Waals surface area contributed by atoms with Crippen molar-refractivity contribution < 1.29 is 9.84 Å². The smallest absolute Gasteiger partial charge is 0.0833 e. The van der Waals surface area contributed by atoms with Crippen LogP contribution >= 0.6 is 0 Å². The predicted octanol–water partition coefficient (Wildman–Crippen LogP) is 2.23. The fraction of sp³-hybridized carbons (Fsp3) is 1.00. The summed E-state index contributed by atoms with van der Waals surface area (Å²) in [6.45, 7) is 1.97. The van der Waals surface area contributed by atoms with Crippen molar-refractivity contribution in [3.8, 4) is 0 Å². The molecule has 2 N–H and O–H groups in total. The minimum Gasteiger partial charge on any atom is -0.390 e. The average Bonchev–Trinajstić information content (AvgIpc) is 2.56. The van der Waals surface area contributed by atoms with Gasteiger partial charge in [0.2, 0.25) is 0 Å². The highest BCUT2D eigenvalue weighted by atomic mass is 16.5. The van der Waals surface area contributed by atoms with E-state index in [1.807, 2.05) is 0 Å². The van der Waals surface area contributed by atoms with Gasteiger partial charge in [-0.3, -0.25) is 0 Å². The predicted molar refractivity (Wildman–Crippen MR) is 69.1 cm³/mol. The monoisotopic (exact) mass is 241 g/mol. The highest BCUT2D eigenvalue weighted by molar-refractivity contribution is 4.75. The molecule has 0 aromatic carbocycles. The molecule has 17 heavy (non-hydrogen) atoms. The van der Waals surface area contributed by atoms with E-state index in [0.29, 0.717) is 6.04 Å². The quantitative estimate of drug-likeness (QED) is 0.742. The summed E-state index contributed by atoms with van der Waals surface area (Å²) in [4.78, 5) is 0. The van der Waals surface area contributed by atoms with Crippen molar-refractivity contribution in [2.45, 2.75) is 76.0 Å². The Bertz CT molecular complexity index is 204. The zero-order valence-electron chi connectivity index (χ0n) is 10.9. The van der Waals surface area contributed by atoms with Gasteiger partial charge in [0.05, 0.1) is 12.2 Å². The van der Waals surface area contributed by atoms with Crippen LogP contribution in [0.3, 0.4) is 0 Å². The summed E-state index contributed by atoms with van der Waals surface area (Å²) in [6.07, 6.45) is 10.5. The minimum atomic E-state index is -0.225. The van der Waals surface area contributed by atoms with Gasteiger partial charge in [-0.2, -0.15) is 0 Å². The van der Waals surface area contributed by atoms with E-state index in [9.17, 15) is 5.11 Å². The Hall–Kier alpha value is -0.120. The number of rotatable bonds is 4. The van der Waals surface area contributed by atoms with Gasteiger partial charge in [-0.15, -0.1) is 0 Å². The van der Waals surface area contributed by atoms with Crippen LogP contribution in [0, 0.1) is 0 Å². The third-order valence-electron chi connectivity index (χ3n) is 4.13. The lowest BCUT2D eigenvalue weighted by molar-refractivity contribution is -0.0430. The molecule has 1 saturated heterocycles. The number of ether oxygens (including phenoxy) is 1. The van der Waals surface area contributed by atoms with Crippen LogP contribution in [0.1, 0.15) is 57.8 Å². The van der Waals surface area contributed by atoms with Crippen LogP contribution < -0.4 is 5.32 Å². The fourth-order valence-corrected chi connectivity index (χ4v) is 2.98. The van der Waals surface area contributed by atoms with E-state index in [0.717, 1.165) is 38.8 Å². The Kier molecular flexibility index (Phi) is 5.75. The lowest BCUT2D eigenvalue weighted by Crippen LogP contribution is -2.36. The summed E-state index contributed by atoms with van der Waals surface area (Å²) in [6, 6.07) is 0.645. The Morgan fingerprint density at radius 1 is 1.00 bits per heavy atom. The third-order valence-corrected chi connectivity index (χ3v) is 4.13. The largest absolute Gasteiger partial charge is 0.390 e. The molecule has 3 atom stereocenters. The van der Waals surface area contributed by atoms with E-state index in [4.69, 9.17) is 4.74 Å². The lowest BCUT2D eigenvalue weighted by Gasteiger charge is -2.25. The van der Waals surface area contributed by atoms with E-state index < -0.39 is 0 Å². The molecule has 1 aliphatic carbocycles. The summed E-state index contributed by atoms with van der Waals surface area (Å²) in [7, 11) is 0. The first-order valence-corrected chi connectivity index (χ1v) is 7.39. The Balaban J connectivity index is 1.62. The molecule has 0 spiro atoms. The van der Waals surface area contributed by atoms with Gasteiger partial charge in [-0.05, 0) is 38.6 Å². The first kappa shape index (κ1) is 13.3. The van der Waals surface area contributed by atoms with Crippen molar-refractivity contribution in [3.05, 3.63) is 0 Å². The minimum absolute atomic E-state index is 0.0982. The van der Waals surface area contributed by atoms with Crippen molar-refractivity contribution in [1.82, 2.24) is 5.32 Å². The van der Waals surface area contributed by atoms with E-state index in [1.165, 1.54) is 32.1 Å². The van der Waals surface area contributed by atoms with Crippen LogP contribution in [0.4, 0.5) is 0 Å². The SMILES string of the molecule is OC1CCCCCC1OCCC1CCCCN1. The molecule has 0 bridgehead atoms. The summed E-state index contributed by atoms with van der Waals surface area (Å²) >= 11 is 0. The number of aliphatic hydroxyl groups is 1. The molecule has 0 radical (unpaired) electrons. The first-order valence-electron chi connectivity index (χ1n) is 7.39. The molecule has 3 unspecified atom stereocenters.